The Labute approximate surface area is 154 Å². The molecule has 1 heterocycles. The van der Waals surface area contributed by atoms with Gasteiger partial charge in [-0.25, -0.2) is 8.42 Å². The first-order valence-electron chi connectivity index (χ1n) is 7.38. The lowest BCUT2D eigenvalue weighted by Crippen LogP contribution is -2.14. The molecule has 0 aliphatic rings. The van der Waals surface area contributed by atoms with Crippen molar-refractivity contribution in [2.24, 2.45) is 0 Å². The number of hydrogen-bond acceptors (Lipinski definition) is 5. The number of benzene rings is 2. The molecule has 0 saturated heterocycles. The minimum Gasteiger partial charge on any atom is -0.276 e. The van der Waals surface area contributed by atoms with Crippen LogP contribution in [-0.4, -0.2) is 23.1 Å². The number of nitro benzene ring substituents is 1. The van der Waals surface area contributed by atoms with Crippen molar-refractivity contribution in [2.75, 3.05) is 4.72 Å². The monoisotopic (exact) mass is 392 g/mol. The third-order valence-electron chi connectivity index (χ3n) is 3.49. The van der Waals surface area contributed by atoms with Crippen molar-refractivity contribution >= 4 is 33.0 Å². The number of aromatic nitrogens is 2. The molecule has 134 valence electrons. The van der Waals surface area contributed by atoms with Gasteiger partial charge in [-0.2, -0.15) is 5.10 Å². The number of nitrogens with zero attached hydrogens (tertiary/aromatic N) is 3. The molecule has 3 rings (SSSR count). The highest BCUT2D eigenvalue weighted by atomic mass is 35.5. The van der Waals surface area contributed by atoms with Crippen LogP contribution in [0.2, 0.25) is 5.02 Å². The molecule has 0 amide bonds. The molecule has 0 atom stereocenters. The minimum absolute atomic E-state index is 0.206. The summed E-state index contributed by atoms with van der Waals surface area (Å²) < 4.78 is 28.8. The van der Waals surface area contributed by atoms with E-state index in [1.54, 1.807) is 16.8 Å². The lowest BCUT2D eigenvalue weighted by Gasteiger charge is -2.06. The fourth-order valence-corrected chi connectivity index (χ4v) is 3.65. The molecule has 0 unspecified atom stereocenters. The first kappa shape index (κ1) is 17.9. The Hall–Kier alpha value is -2.91. The van der Waals surface area contributed by atoms with E-state index in [1.807, 2.05) is 12.1 Å². The van der Waals surface area contributed by atoms with Crippen LogP contribution in [0.4, 0.5) is 11.4 Å². The topological polar surface area (TPSA) is 107 Å². The molecule has 10 heteroatoms. The summed E-state index contributed by atoms with van der Waals surface area (Å²) in [5.74, 6) is 0. The maximum atomic E-state index is 12.5. The number of anilines is 1. The highest BCUT2D eigenvalue weighted by Crippen LogP contribution is 2.25. The summed E-state index contributed by atoms with van der Waals surface area (Å²) >= 11 is 5.84. The predicted octanol–water partition coefficient (Wildman–Crippen LogP) is 3.29. The van der Waals surface area contributed by atoms with Crippen molar-refractivity contribution in [1.29, 1.82) is 0 Å². The molecule has 1 aromatic heterocycles. The number of hydrogen-bond donors (Lipinski definition) is 1. The van der Waals surface area contributed by atoms with Gasteiger partial charge in [-0.1, -0.05) is 35.9 Å². The Morgan fingerprint density at radius 1 is 1.15 bits per heavy atom. The van der Waals surface area contributed by atoms with E-state index in [0.29, 0.717) is 11.6 Å². The van der Waals surface area contributed by atoms with Gasteiger partial charge in [0.25, 0.3) is 15.7 Å². The summed E-state index contributed by atoms with van der Waals surface area (Å²) in [7, 11) is -4.12. The van der Waals surface area contributed by atoms with E-state index in [-0.39, 0.29) is 5.69 Å². The van der Waals surface area contributed by atoms with Crippen LogP contribution in [-0.2, 0) is 16.6 Å². The second-order valence-electron chi connectivity index (χ2n) is 5.38. The standard InChI is InChI=1S/C16H13ClN4O4S/c17-13-7-5-12(6-8-13)10-20-11-14(9-18-20)19-26(24,25)16-4-2-1-3-15(16)21(22)23/h1-9,11,19H,10H2. The Morgan fingerprint density at radius 3 is 2.54 bits per heavy atom. The average Bonchev–Trinajstić information content (AvgIpc) is 3.03. The molecule has 0 bridgehead atoms. The van der Waals surface area contributed by atoms with Gasteiger partial charge < -0.3 is 0 Å². The molecular weight excluding hydrogens is 380 g/mol. The van der Waals surface area contributed by atoms with Gasteiger partial charge in [0.05, 0.1) is 23.4 Å². The highest BCUT2D eigenvalue weighted by Gasteiger charge is 2.25. The van der Waals surface area contributed by atoms with E-state index in [0.717, 1.165) is 11.6 Å². The van der Waals surface area contributed by atoms with Crippen LogP contribution in [0.3, 0.4) is 0 Å². The molecule has 2 aromatic carbocycles. The Balaban J connectivity index is 1.80. The number of halogens is 1. The molecule has 26 heavy (non-hydrogen) atoms. The predicted molar refractivity (Wildman–Crippen MR) is 96.7 cm³/mol. The maximum absolute atomic E-state index is 12.5. The van der Waals surface area contributed by atoms with Gasteiger partial charge in [0.1, 0.15) is 0 Å². The van der Waals surface area contributed by atoms with Crippen LogP contribution >= 0.6 is 11.6 Å². The molecule has 0 saturated carbocycles. The third kappa shape index (κ3) is 4.01. The van der Waals surface area contributed by atoms with Crippen molar-refractivity contribution in [3.8, 4) is 0 Å². The second kappa shape index (κ2) is 7.14. The van der Waals surface area contributed by atoms with E-state index in [1.165, 1.54) is 30.6 Å². The molecule has 0 aliphatic carbocycles. The van der Waals surface area contributed by atoms with E-state index in [9.17, 15) is 18.5 Å². The molecule has 0 radical (unpaired) electrons. The number of rotatable bonds is 6. The average molecular weight is 393 g/mol. The number of sulfonamides is 1. The SMILES string of the molecule is O=[N+]([O-])c1ccccc1S(=O)(=O)Nc1cnn(Cc2ccc(Cl)cc2)c1. The van der Waals surface area contributed by atoms with Gasteiger partial charge in [0.2, 0.25) is 0 Å². The first-order valence-corrected chi connectivity index (χ1v) is 9.24. The van der Waals surface area contributed by atoms with Crippen LogP contribution in [0, 0.1) is 10.1 Å². The molecule has 0 aliphatic heterocycles. The van der Waals surface area contributed by atoms with E-state index in [4.69, 9.17) is 11.6 Å². The number of nitrogens with one attached hydrogen (secondary N) is 1. The number of nitro groups is 1. The maximum Gasteiger partial charge on any atom is 0.289 e. The molecule has 0 spiro atoms. The van der Waals surface area contributed by atoms with Crippen LogP contribution in [0.25, 0.3) is 0 Å². The molecule has 3 aromatic rings. The quantitative estimate of drug-likeness (QED) is 0.511. The summed E-state index contributed by atoms with van der Waals surface area (Å²) in [4.78, 5) is 9.90. The van der Waals surface area contributed by atoms with Crippen LogP contribution < -0.4 is 4.72 Å². The van der Waals surface area contributed by atoms with Crippen molar-refractivity contribution < 1.29 is 13.3 Å². The number of para-hydroxylation sites is 1. The van der Waals surface area contributed by atoms with Crippen molar-refractivity contribution in [3.63, 3.8) is 0 Å². The van der Waals surface area contributed by atoms with E-state index < -0.39 is 25.5 Å². The second-order valence-corrected chi connectivity index (χ2v) is 7.47. The Morgan fingerprint density at radius 2 is 1.85 bits per heavy atom. The van der Waals surface area contributed by atoms with Gasteiger partial charge in [0.15, 0.2) is 4.90 Å². The van der Waals surface area contributed by atoms with Crippen LogP contribution in [0.1, 0.15) is 5.56 Å². The van der Waals surface area contributed by atoms with E-state index in [2.05, 4.69) is 9.82 Å². The molecular formula is C16H13ClN4O4S. The van der Waals surface area contributed by atoms with Crippen molar-refractivity contribution in [3.05, 3.63) is 81.6 Å². The molecule has 8 nitrogen and oxygen atoms in total. The van der Waals surface area contributed by atoms with Crippen molar-refractivity contribution in [1.82, 2.24) is 9.78 Å². The van der Waals surface area contributed by atoms with Crippen LogP contribution in [0.15, 0.2) is 65.8 Å². The van der Waals surface area contributed by atoms with Gasteiger partial charge in [-0.3, -0.25) is 19.5 Å². The van der Waals surface area contributed by atoms with Gasteiger partial charge in [-0.15, -0.1) is 0 Å². The summed E-state index contributed by atoms with van der Waals surface area (Å²) in [5.41, 5.74) is 0.649. The summed E-state index contributed by atoms with van der Waals surface area (Å²) in [6.07, 6.45) is 2.84. The zero-order chi connectivity index (χ0) is 18.7. The van der Waals surface area contributed by atoms with Crippen molar-refractivity contribution in [2.45, 2.75) is 11.4 Å². The fraction of sp³-hybridized carbons (Fsp3) is 0.0625. The van der Waals surface area contributed by atoms with Gasteiger partial charge in [0, 0.05) is 17.3 Å². The fourth-order valence-electron chi connectivity index (χ4n) is 2.32. The smallest absolute Gasteiger partial charge is 0.276 e. The summed E-state index contributed by atoms with van der Waals surface area (Å²) in [5, 5.41) is 15.7. The highest BCUT2D eigenvalue weighted by molar-refractivity contribution is 7.92. The Bertz CT molecular complexity index is 1050. The molecule has 0 fully saturated rings. The zero-order valence-electron chi connectivity index (χ0n) is 13.2. The summed E-state index contributed by atoms with van der Waals surface area (Å²) in [6.45, 7) is 0.421. The normalized spacial score (nSPS) is 11.3. The summed E-state index contributed by atoms with van der Waals surface area (Å²) in [6, 6.07) is 12.3. The first-order chi connectivity index (χ1) is 12.3. The third-order valence-corrected chi connectivity index (χ3v) is 5.18. The van der Waals surface area contributed by atoms with E-state index >= 15 is 0 Å². The van der Waals surface area contributed by atoms with Crippen LogP contribution in [0.5, 0.6) is 0 Å². The minimum atomic E-state index is -4.12. The van der Waals surface area contributed by atoms with Gasteiger partial charge >= 0.3 is 0 Å². The van der Waals surface area contributed by atoms with Gasteiger partial charge in [-0.05, 0) is 23.8 Å². The zero-order valence-corrected chi connectivity index (χ0v) is 14.8. The lowest BCUT2D eigenvalue weighted by atomic mass is 10.2. The Kier molecular flexibility index (Phi) is 4.92. The lowest BCUT2D eigenvalue weighted by molar-refractivity contribution is -0.387. The largest absolute Gasteiger partial charge is 0.289 e. The molecule has 1 N–H and O–H groups in total.